The maximum Gasteiger partial charge on any atom is 0.573 e. The highest BCUT2D eigenvalue weighted by Gasteiger charge is 2.32. The van der Waals surface area contributed by atoms with Crippen LogP contribution in [-0.4, -0.2) is 6.36 Å². The lowest BCUT2D eigenvalue weighted by Gasteiger charge is -2.19. The van der Waals surface area contributed by atoms with Crippen molar-refractivity contribution in [2.75, 3.05) is 0 Å². The number of para-hydroxylation sites is 1. The summed E-state index contributed by atoms with van der Waals surface area (Å²) in [5.74, 6) is -0.888. The van der Waals surface area contributed by atoms with E-state index in [0.717, 1.165) is 0 Å². The van der Waals surface area contributed by atoms with Crippen molar-refractivity contribution in [1.29, 1.82) is 0 Å². The number of aryl methyl sites for hydroxylation is 1. The Labute approximate surface area is 119 Å². The molecule has 0 fully saturated rings. The third-order valence-corrected chi connectivity index (χ3v) is 3.06. The standard InChI is InChI=1S/C15H13F4NO/c1-9-6-7-10(16)8-12(9)14(20)11-4-2-3-5-13(11)21-15(17,18)19/h2-8,14H,20H2,1H3. The van der Waals surface area contributed by atoms with Gasteiger partial charge in [-0.2, -0.15) is 0 Å². The molecule has 2 aromatic carbocycles. The fraction of sp³-hybridized carbons (Fsp3) is 0.200. The predicted molar refractivity (Wildman–Crippen MR) is 70.3 cm³/mol. The van der Waals surface area contributed by atoms with Crippen molar-refractivity contribution >= 4 is 0 Å². The van der Waals surface area contributed by atoms with Gasteiger partial charge >= 0.3 is 6.36 Å². The van der Waals surface area contributed by atoms with E-state index in [1.807, 2.05) is 0 Å². The second-order valence-electron chi connectivity index (χ2n) is 4.56. The van der Waals surface area contributed by atoms with Crippen molar-refractivity contribution in [3.63, 3.8) is 0 Å². The van der Waals surface area contributed by atoms with E-state index in [4.69, 9.17) is 5.73 Å². The third kappa shape index (κ3) is 3.72. The zero-order valence-corrected chi connectivity index (χ0v) is 11.1. The van der Waals surface area contributed by atoms with Crippen LogP contribution in [-0.2, 0) is 0 Å². The van der Waals surface area contributed by atoms with E-state index in [1.54, 1.807) is 13.0 Å². The van der Waals surface area contributed by atoms with E-state index in [2.05, 4.69) is 4.74 Å². The minimum atomic E-state index is -4.81. The summed E-state index contributed by atoms with van der Waals surface area (Å²) in [6.07, 6.45) is -4.81. The van der Waals surface area contributed by atoms with Crippen molar-refractivity contribution in [3.8, 4) is 5.75 Å². The van der Waals surface area contributed by atoms with E-state index < -0.39 is 18.2 Å². The highest BCUT2D eigenvalue weighted by Crippen LogP contribution is 2.33. The van der Waals surface area contributed by atoms with Crippen LogP contribution in [0, 0.1) is 12.7 Å². The number of ether oxygens (including phenoxy) is 1. The molecule has 1 atom stereocenters. The molecule has 0 aliphatic rings. The summed E-state index contributed by atoms with van der Waals surface area (Å²) >= 11 is 0. The van der Waals surface area contributed by atoms with E-state index >= 15 is 0 Å². The first-order valence-corrected chi connectivity index (χ1v) is 6.14. The lowest BCUT2D eigenvalue weighted by molar-refractivity contribution is -0.274. The molecule has 0 spiro atoms. The van der Waals surface area contributed by atoms with Crippen LogP contribution in [0.2, 0.25) is 0 Å². The molecule has 0 saturated carbocycles. The van der Waals surface area contributed by atoms with Crippen molar-refractivity contribution in [1.82, 2.24) is 0 Å². The Hall–Kier alpha value is -2.08. The van der Waals surface area contributed by atoms with Crippen molar-refractivity contribution in [2.45, 2.75) is 19.3 Å². The van der Waals surface area contributed by atoms with Crippen LogP contribution in [0.1, 0.15) is 22.7 Å². The Morgan fingerprint density at radius 3 is 2.38 bits per heavy atom. The summed E-state index contributed by atoms with van der Waals surface area (Å²) < 4.78 is 54.5. The lowest BCUT2D eigenvalue weighted by Crippen LogP contribution is -2.21. The second kappa shape index (κ2) is 5.73. The Kier molecular flexibility index (Phi) is 4.18. The normalized spacial score (nSPS) is 13.0. The Morgan fingerprint density at radius 1 is 1.05 bits per heavy atom. The van der Waals surface area contributed by atoms with Crippen molar-refractivity contribution in [3.05, 3.63) is 65.0 Å². The van der Waals surface area contributed by atoms with Crippen LogP contribution >= 0.6 is 0 Å². The molecular formula is C15H13F4NO. The number of hydrogen-bond donors (Lipinski definition) is 1. The molecular weight excluding hydrogens is 286 g/mol. The molecule has 2 N–H and O–H groups in total. The van der Waals surface area contributed by atoms with Gasteiger partial charge in [-0.15, -0.1) is 13.2 Å². The maximum absolute atomic E-state index is 13.3. The first-order chi connectivity index (χ1) is 9.78. The van der Waals surface area contributed by atoms with Gasteiger partial charge in [-0.25, -0.2) is 4.39 Å². The van der Waals surface area contributed by atoms with Crippen LogP contribution in [0.25, 0.3) is 0 Å². The number of nitrogens with two attached hydrogens (primary N) is 1. The van der Waals surface area contributed by atoms with Gasteiger partial charge in [0.2, 0.25) is 0 Å². The summed E-state index contributed by atoms with van der Waals surface area (Å²) in [6.45, 7) is 1.71. The average molecular weight is 299 g/mol. The van der Waals surface area contributed by atoms with E-state index in [9.17, 15) is 17.6 Å². The quantitative estimate of drug-likeness (QED) is 0.867. The summed E-state index contributed by atoms with van der Waals surface area (Å²) in [4.78, 5) is 0. The molecule has 112 valence electrons. The van der Waals surface area contributed by atoms with Crippen LogP contribution in [0.15, 0.2) is 42.5 Å². The fourth-order valence-corrected chi connectivity index (χ4v) is 2.07. The average Bonchev–Trinajstić information content (AvgIpc) is 2.39. The van der Waals surface area contributed by atoms with Crippen molar-refractivity contribution < 1.29 is 22.3 Å². The molecule has 0 bridgehead atoms. The molecule has 0 aliphatic heterocycles. The van der Waals surface area contributed by atoms with Crippen LogP contribution in [0.3, 0.4) is 0 Å². The van der Waals surface area contributed by atoms with Gasteiger partial charge in [-0.1, -0.05) is 24.3 Å². The van der Waals surface area contributed by atoms with Gasteiger partial charge in [0.25, 0.3) is 0 Å². The smallest absolute Gasteiger partial charge is 0.405 e. The van der Waals surface area contributed by atoms with E-state index in [-0.39, 0.29) is 11.3 Å². The number of benzene rings is 2. The second-order valence-corrected chi connectivity index (χ2v) is 4.56. The molecule has 21 heavy (non-hydrogen) atoms. The summed E-state index contributed by atoms with van der Waals surface area (Å²) in [6, 6.07) is 8.65. The topological polar surface area (TPSA) is 35.2 Å². The molecule has 0 amide bonds. The zero-order chi connectivity index (χ0) is 15.6. The predicted octanol–water partition coefficient (Wildman–Crippen LogP) is 4.08. The molecule has 1 unspecified atom stereocenters. The summed E-state index contributed by atoms with van der Waals surface area (Å²) in [5, 5.41) is 0. The fourth-order valence-electron chi connectivity index (χ4n) is 2.07. The first kappa shape index (κ1) is 15.3. The number of alkyl halides is 3. The largest absolute Gasteiger partial charge is 0.573 e. The Bertz CT molecular complexity index is 640. The number of rotatable bonds is 3. The van der Waals surface area contributed by atoms with Crippen molar-refractivity contribution in [2.24, 2.45) is 5.73 Å². The maximum atomic E-state index is 13.3. The molecule has 2 aromatic rings. The first-order valence-electron chi connectivity index (χ1n) is 6.14. The SMILES string of the molecule is Cc1ccc(F)cc1C(N)c1ccccc1OC(F)(F)F. The highest BCUT2D eigenvalue weighted by molar-refractivity contribution is 5.43. The van der Waals surface area contributed by atoms with Gasteiger partial charge in [-0.05, 0) is 36.2 Å². The van der Waals surface area contributed by atoms with E-state index in [0.29, 0.717) is 11.1 Å². The minimum Gasteiger partial charge on any atom is -0.405 e. The molecule has 2 nitrogen and oxygen atoms in total. The minimum absolute atomic E-state index is 0.142. The lowest BCUT2D eigenvalue weighted by atomic mass is 9.95. The molecule has 0 radical (unpaired) electrons. The molecule has 6 heteroatoms. The number of halogens is 4. The van der Waals surface area contributed by atoms with Gasteiger partial charge in [0.1, 0.15) is 11.6 Å². The van der Waals surface area contributed by atoms with Crippen LogP contribution in [0.4, 0.5) is 17.6 Å². The molecule has 2 rings (SSSR count). The third-order valence-electron chi connectivity index (χ3n) is 3.06. The molecule has 0 saturated heterocycles. The highest BCUT2D eigenvalue weighted by atomic mass is 19.4. The Morgan fingerprint density at radius 2 is 1.71 bits per heavy atom. The Balaban J connectivity index is 2.44. The van der Waals surface area contributed by atoms with Gasteiger partial charge < -0.3 is 10.5 Å². The van der Waals surface area contributed by atoms with Crippen LogP contribution < -0.4 is 10.5 Å². The van der Waals surface area contributed by atoms with Gasteiger partial charge in [-0.3, -0.25) is 0 Å². The van der Waals surface area contributed by atoms with E-state index in [1.165, 1.54) is 36.4 Å². The number of hydrogen-bond acceptors (Lipinski definition) is 2. The zero-order valence-electron chi connectivity index (χ0n) is 11.1. The van der Waals surface area contributed by atoms with Gasteiger partial charge in [0, 0.05) is 5.56 Å². The monoisotopic (exact) mass is 299 g/mol. The summed E-state index contributed by atoms with van der Waals surface area (Å²) in [7, 11) is 0. The molecule has 0 aromatic heterocycles. The molecule has 0 heterocycles. The van der Waals surface area contributed by atoms with Crippen LogP contribution in [0.5, 0.6) is 5.75 Å². The molecule has 0 aliphatic carbocycles. The summed E-state index contributed by atoms with van der Waals surface area (Å²) in [5.41, 5.74) is 7.23. The van der Waals surface area contributed by atoms with Gasteiger partial charge in [0.15, 0.2) is 0 Å². The van der Waals surface area contributed by atoms with Gasteiger partial charge in [0.05, 0.1) is 6.04 Å².